The first-order valence-corrected chi connectivity index (χ1v) is 6.80. The minimum absolute atomic E-state index is 0.805. The summed E-state index contributed by atoms with van der Waals surface area (Å²) >= 11 is 9.62. The van der Waals surface area contributed by atoms with Gasteiger partial charge in [0, 0.05) is 29.1 Å². The lowest BCUT2D eigenvalue weighted by Crippen LogP contribution is -2.18. The maximum atomic E-state index is 6.19. The molecule has 0 radical (unpaired) electrons. The van der Waals surface area contributed by atoms with Gasteiger partial charge in [0.05, 0.1) is 0 Å². The van der Waals surface area contributed by atoms with Gasteiger partial charge in [0.25, 0.3) is 0 Å². The van der Waals surface area contributed by atoms with Crippen LogP contribution in [-0.2, 0) is 5.33 Å². The van der Waals surface area contributed by atoms with E-state index < -0.39 is 0 Å². The van der Waals surface area contributed by atoms with Crippen LogP contribution in [0, 0.1) is 5.92 Å². The Hall–Kier alpha value is -0.210. The zero-order valence-corrected chi connectivity index (χ0v) is 11.2. The van der Waals surface area contributed by atoms with Crippen LogP contribution >= 0.6 is 27.5 Å². The summed E-state index contributed by atoms with van der Waals surface area (Å²) in [5, 5.41) is 1.69. The van der Waals surface area contributed by atoms with E-state index >= 15 is 0 Å². The minimum Gasteiger partial charge on any atom is -0.371 e. The predicted molar refractivity (Wildman–Crippen MR) is 70.1 cm³/mol. The number of hydrogen-bond acceptors (Lipinski definition) is 1. The maximum Gasteiger partial charge on any atom is 0.0467 e. The van der Waals surface area contributed by atoms with Gasteiger partial charge in [-0.3, -0.25) is 0 Å². The van der Waals surface area contributed by atoms with E-state index in [0.29, 0.717) is 0 Å². The normalized spacial score (nSPS) is 21.0. The molecular weight excluding hydrogens is 273 g/mol. The summed E-state index contributed by atoms with van der Waals surface area (Å²) in [4.78, 5) is 2.41. The molecule has 1 aromatic rings. The third-order valence-electron chi connectivity index (χ3n) is 2.97. The Balaban J connectivity index is 2.19. The molecule has 1 heterocycles. The van der Waals surface area contributed by atoms with Crippen LogP contribution in [0.15, 0.2) is 18.2 Å². The third kappa shape index (κ3) is 2.48. The Bertz CT molecular complexity index is 353. The number of rotatable bonds is 2. The summed E-state index contributed by atoms with van der Waals surface area (Å²) in [7, 11) is 0. The van der Waals surface area contributed by atoms with Crippen LogP contribution in [-0.4, -0.2) is 13.1 Å². The fourth-order valence-electron chi connectivity index (χ4n) is 2.01. The summed E-state index contributed by atoms with van der Waals surface area (Å²) in [5.74, 6) is 0.805. The topological polar surface area (TPSA) is 3.24 Å². The van der Waals surface area contributed by atoms with Crippen molar-refractivity contribution in [3.05, 3.63) is 28.8 Å². The molecule has 0 bridgehead atoms. The van der Waals surface area contributed by atoms with Crippen molar-refractivity contribution >= 4 is 33.2 Å². The SMILES string of the molecule is CC1CCN(c2ccc(CBr)c(Cl)c2)C1. The van der Waals surface area contributed by atoms with Crippen LogP contribution in [0.25, 0.3) is 0 Å². The van der Waals surface area contributed by atoms with Gasteiger partial charge in [-0.25, -0.2) is 0 Å². The van der Waals surface area contributed by atoms with E-state index in [0.717, 1.165) is 34.9 Å². The number of halogens is 2. The Morgan fingerprint density at radius 3 is 2.87 bits per heavy atom. The zero-order chi connectivity index (χ0) is 10.8. The van der Waals surface area contributed by atoms with Crippen molar-refractivity contribution < 1.29 is 0 Å². The van der Waals surface area contributed by atoms with E-state index in [4.69, 9.17) is 11.6 Å². The van der Waals surface area contributed by atoms with Crippen molar-refractivity contribution in [3.8, 4) is 0 Å². The van der Waals surface area contributed by atoms with Crippen molar-refractivity contribution in [1.82, 2.24) is 0 Å². The zero-order valence-electron chi connectivity index (χ0n) is 8.84. The smallest absolute Gasteiger partial charge is 0.0467 e. The van der Waals surface area contributed by atoms with E-state index in [1.807, 2.05) is 0 Å². The highest BCUT2D eigenvalue weighted by Crippen LogP contribution is 2.28. The van der Waals surface area contributed by atoms with Gasteiger partial charge in [-0.05, 0) is 30.0 Å². The predicted octanol–water partition coefficient (Wildman–Crippen LogP) is 4.08. The summed E-state index contributed by atoms with van der Waals surface area (Å²) in [6.07, 6.45) is 1.29. The Morgan fingerprint density at radius 1 is 1.53 bits per heavy atom. The average molecular weight is 289 g/mol. The van der Waals surface area contributed by atoms with E-state index in [9.17, 15) is 0 Å². The molecule has 0 aromatic heterocycles. The van der Waals surface area contributed by atoms with Crippen LogP contribution in [0.1, 0.15) is 18.9 Å². The molecule has 3 heteroatoms. The lowest BCUT2D eigenvalue weighted by Gasteiger charge is -2.19. The largest absolute Gasteiger partial charge is 0.371 e. The first kappa shape index (κ1) is 11.3. The van der Waals surface area contributed by atoms with Gasteiger partial charge in [0.2, 0.25) is 0 Å². The highest BCUT2D eigenvalue weighted by Gasteiger charge is 2.19. The molecule has 1 unspecified atom stereocenters. The van der Waals surface area contributed by atoms with Crippen LogP contribution in [0.4, 0.5) is 5.69 Å². The van der Waals surface area contributed by atoms with Crippen LogP contribution in [0.2, 0.25) is 5.02 Å². The molecule has 1 aromatic carbocycles. The molecule has 15 heavy (non-hydrogen) atoms. The highest BCUT2D eigenvalue weighted by atomic mass is 79.9. The van der Waals surface area contributed by atoms with Gasteiger partial charge in [0.15, 0.2) is 0 Å². The summed E-state index contributed by atoms with van der Waals surface area (Å²) < 4.78 is 0. The van der Waals surface area contributed by atoms with Gasteiger partial charge in [-0.15, -0.1) is 0 Å². The van der Waals surface area contributed by atoms with Crippen molar-refractivity contribution in [1.29, 1.82) is 0 Å². The fourth-order valence-corrected chi connectivity index (χ4v) is 2.90. The molecule has 0 spiro atoms. The lowest BCUT2D eigenvalue weighted by molar-refractivity contribution is 0.659. The molecular formula is C12H15BrClN. The number of benzene rings is 1. The molecule has 0 aliphatic carbocycles. The summed E-state index contributed by atoms with van der Waals surface area (Å²) in [6.45, 7) is 4.61. The van der Waals surface area contributed by atoms with E-state index in [1.54, 1.807) is 0 Å². The Morgan fingerprint density at radius 2 is 2.33 bits per heavy atom. The van der Waals surface area contributed by atoms with E-state index in [-0.39, 0.29) is 0 Å². The van der Waals surface area contributed by atoms with Gasteiger partial charge in [-0.2, -0.15) is 0 Å². The van der Waals surface area contributed by atoms with Gasteiger partial charge >= 0.3 is 0 Å². The number of nitrogens with zero attached hydrogens (tertiary/aromatic N) is 1. The maximum absolute atomic E-state index is 6.19. The van der Waals surface area contributed by atoms with Gasteiger partial charge < -0.3 is 4.90 Å². The molecule has 1 aliphatic rings. The van der Waals surface area contributed by atoms with E-state index in [2.05, 4.69) is 46.0 Å². The van der Waals surface area contributed by atoms with Gasteiger partial charge in [-0.1, -0.05) is 40.5 Å². The molecule has 1 atom stereocenters. The van der Waals surface area contributed by atoms with Crippen molar-refractivity contribution in [2.75, 3.05) is 18.0 Å². The molecule has 0 N–H and O–H groups in total. The molecule has 2 rings (SSSR count). The third-order valence-corrected chi connectivity index (χ3v) is 3.93. The highest BCUT2D eigenvalue weighted by molar-refractivity contribution is 9.08. The molecule has 1 nitrogen and oxygen atoms in total. The summed E-state index contributed by atoms with van der Waals surface area (Å²) in [5.41, 5.74) is 2.42. The Labute approximate surface area is 105 Å². The molecule has 1 saturated heterocycles. The molecule has 0 amide bonds. The first-order chi connectivity index (χ1) is 7.20. The number of alkyl halides is 1. The van der Waals surface area contributed by atoms with Crippen molar-refractivity contribution in [2.45, 2.75) is 18.7 Å². The number of anilines is 1. The molecule has 82 valence electrons. The second-order valence-electron chi connectivity index (χ2n) is 4.25. The van der Waals surface area contributed by atoms with Gasteiger partial charge in [0.1, 0.15) is 0 Å². The second kappa shape index (κ2) is 4.75. The standard InChI is InChI=1S/C12H15BrClN/c1-9-4-5-15(8-9)11-3-2-10(7-13)12(14)6-11/h2-3,6,9H,4-5,7-8H2,1H3. The monoisotopic (exact) mass is 287 g/mol. The van der Waals surface area contributed by atoms with Crippen LogP contribution in [0.5, 0.6) is 0 Å². The molecule has 1 aliphatic heterocycles. The average Bonchev–Trinajstić information content (AvgIpc) is 2.65. The summed E-state index contributed by atoms with van der Waals surface area (Å²) in [6, 6.07) is 6.35. The second-order valence-corrected chi connectivity index (χ2v) is 5.22. The quantitative estimate of drug-likeness (QED) is 0.741. The molecule has 0 saturated carbocycles. The minimum atomic E-state index is 0.805. The van der Waals surface area contributed by atoms with Crippen LogP contribution < -0.4 is 4.90 Å². The Kier molecular flexibility index (Phi) is 3.57. The fraction of sp³-hybridized carbons (Fsp3) is 0.500. The molecule has 1 fully saturated rings. The number of hydrogen-bond donors (Lipinski definition) is 0. The lowest BCUT2D eigenvalue weighted by atomic mass is 10.2. The van der Waals surface area contributed by atoms with Crippen LogP contribution in [0.3, 0.4) is 0 Å². The first-order valence-electron chi connectivity index (χ1n) is 5.30. The van der Waals surface area contributed by atoms with E-state index in [1.165, 1.54) is 12.1 Å². The van der Waals surface area contributed by atoms with Crippen molar-refractivity contribution in [2.24, 2.45) is 5.92 Å². The van der Waals surface area contributed by atoms with Crippen molar-refractivity contribution in [3.63, 3.8) is 0 Å².